The van der Waals surface area contributed by atoms with E-state index < -0.39 is 4.92 Å². The fourth-order valence-electron chi connectivity index (χ4n) is 1.84. The number of benzene rings is 1. The number of halogens is 1. The Bertz CT molecular complexity index is 691. The fourth-order valence-corrected chi connectivity index (χ4v) is 2.18. The summed E-state index contributed by atoms with van der Waals surface area (Å²) in [6.07, 6.45) is 0. The lowest BCUT2D eigenvalue weighted by Crippen LogP contribution is -2.27. The number of amides is 1. The summed E-state index contributed by atoms with van der Waals surface area (Å²) < 4.78 is 0.581. The molecule has 1 heterocycles. The van der Waals surface area contributed by atoms with Crippen molar-refractivity contribution in [2.24, 2.45) is 0 Å². The van der Waals surface area contributed by atoms with Crippen molar-refractivity contribution in [2.45, 2.75) is 6.54 Å². The summed E-state index contributed by atoms with van der Waals surface area (Å²) in [6, 6.07) is 11.3. The van der Waals surface area contributed by atoms with Crippen molar-refractivity contribution < 1.29 is 9.72 Å². The van der Waals surface area contributed by atoms with Crippen LogP contribution in [0.1, 0.15) is 16.1 Å². The van der Waals surface area contributed by atoms with Crippen molar-refractivity contribution in [2.75, 3.05) is 7.05 Å². The molecule has 2 rings (SSSR count). The van der Waals surface area contributed by atoms with E-state index in [1.807, 2.05) is 0 Å². The molecule has 1 amide bonds. The van der Waals surface area contributed by atoms with Crippen molar-refractivity contribution in [3.8, 4) is 0 Å². The van der Waals surface area contributed by atoms with Gasteiger partial charge in [0.1, 0.15) is 10.3 Å². The maximum Gasteiger partial charge on any atom is 0.272 e. The normalized spacial score (nSPS) is 10.2. The van der Waals surface area contributed by atoms with Gasteiger partial charge in [-0.15, -0.1) is 0 Å². The Morgan fingerprint density at radius 3 is 2.71 bits per heavy atom. The Hall–Kier alpha value is -2.28. The minimum absolute atomic E-state index is 0.00827. The van der Waals surface area contributed by atoms with E-state index in [0.29, 0.717) is 15.9 Å². The highest BCUT2D eigenvalue weighted by Crippen LogP contribution is 2.15. The zero-order valence-corrected chi connectivity index (χ0v) is 12.8. The average molecular weight is 350 g/mol. The molecule has 0 fully saturated rings. The zero-order valence-electron chi connectivity index (χ0n) is 11.2. The lowest BCUT2D eigenvalue weighted by molar-refractivity contribution is -0.384. The molecule has 0 N–H and O–H groups in total. The predicted molar refractivity (Wildman–Crippen MR) is 80.8 cm³/mol. The first-order valence-corrected chi connectivity index (χ1v) is 6.88. The van der Waals surface area contributed by atoms with E-state index in [2.05, 4.69) is 20.9 Å². The van der Waals surface area contributed by atoms with Crippen molar-refractivity contribution in [3.05, 3.63) is 68.4 Å². The number of non-ortho nitro benzene ring substituents is 1. The van der Waals surface area contributed by atoms with Crippen LogP contribution < -0.4 is 0 Å². The maximum absolute atomic E-state index is 12.2. The Morgan fingerprint density at radius 1 is 1.33 bits per heavy atom. The molecule has 21 heavy (non-hydrogen) atoms. The van der Waals surface area contributed by atoms with Crippen LogP contribution in [0, 0.1) is 10.1 Å². The van der Waals surface area contributed by atoms with Gasteiger partial charge >= 0.3 is 0 Å². The van der Waals surface area contributed by atoms with Crippen LogP contribution in [0.4, 0.5) is 5.69 Å². The van der Waals surface area contributed by atoms with Gasteiger partial charge in [-0.2, -0.15) is 0 Å². The molecule has 0 saturated carbocycles. The SMILES string of the molecule is CN(Cc1cccc([N+](=O)[O-])c1)C(=O)c1cccc(Br)n1. The second kappa shape index (κ2) is 6.45. The summed E-state index contributed by atoms with van der Waals surface area (Å²) in [4.78, 5) is 28.1. The molecular weight excluding hydrogens is 338 g/mol. The summed E-state index contributed by atoms with van der Waals surface area (Å²) in [5, 5.41) is 10.7. The van der Waals surface area contributed by atoms with E-state index in [0.717, 1.165) is 0 Å². The van der Waals surface area contributed by atoms with Crippen molar-refractivity contribution in [1.82, 2.24) is 9.88 Å². The molecule has 0 saturated heterocycles. The molecule has 6 nitrogen and oxygen atoms in total. The van der Waals surface area contributed by atoms with Gasteiger partial charge in [-0.3, -0.25) is 14.9 Å². The van der Waals surface area contributed by atoms with Crippen LogP contribution in [-0.2, 0) is 6.54 Å². The molecule has 0 aliphatic heterocycles. The van der Waals surface area contributed by atoms with E-state index in [1.54, 1.807) is 37.4 Å². The highest BCUT2D eigenvalue weighted by atomic mass is 79.9. The topological polar surface area (TPSA) is 76.3 Å². The summed E-state index contributed by atoms with van der Waals surface area (Å²) in [7, 11) is 1.63. The van der Waals surface area contributed by atoms with Gasteiger partial charge in [0.2, 0.25) is 0 Å². The zero-order chi connectivity index (χ0) is 15.4. The molecule has 7 heteroatoms. The van der Waals surface area contributed by atoms with Gasteiger partial charge in [0.25, 0.3) is 11.6 Å². The number of aromatic nitrogens is 1. The van der Waals surface area contributed by atoms with E-state index in [-0.39, 0.29) is 18.1 Å². The molecule has 108 valence electrons. The maximum atomic E-state index is 12.2. The Labute approximate surface area is 129 Å². The Balaban J connectivity index is 2.14. The van der Waals surface area contributed by atoms with Crippen LogP contribution in [0.25, 0.3) is 0 Å². The quantitative estimate of drug-likeness (QED) is 0.483. The molecular formula is C14H12BrN3O3. The van der Waals surface area contributed by atoms with E-state index in [4.69, 9.17) is 0 Å². The number of rotatable bonds is 4. The molecule has 0 atom stereocenters. The summed E-state index contributed by atoms with van der Waals surface area (Å²) in [5.41, 5.74) is 1.02. The van der Waals surface area contributed by atoms with Crippen LogP contribution in [0.2, 0.25) is 0 Å². The van der Waals surface area contributed by atoms with Gasteiger partial charge < -0.3 is 4.90 Å². The lowest BCUT2D eigenvalue weighted by atomic mass is 10.2. The van der Waals surface area contributed by atoms with Crippen LogP contribution in [0.15, 0.2) is 47.1 Å². The number of pyridine rings is 1. The Morgan fingerprint density at radius 2 is 2.05 bits per heavy atom. The first-order valence-electron chi connectivity index (χ1n) is 6.09. The third-order valence-electron chi connectivity index (χ3n) is 2.82. The smallest absolute Gasteiger partial charge is 0.272 e. The molecule has 0 aliphatic carbocycles. The fraction of sp³-hybridized carbons (Fsp3) is 0.143. The molecule has 0 radical (unpaired) electrons. The summed E-state index contributed by atoms with van der Waals surface area (Å²) in [5.74, 6) is -0.247. The first kappa shape index (κ1) is 15.1. The molecule has 1 aromatic heterocycles. The summed E-state index contributed by atoms with van der Waals surface area (Å²) >= 11 is 3.22. The molecule has 0 spiro atoms. The largest absolute Gasteiger partial charge is 0.336 e. The predicted octanol–water partition coefficient (Wildman–Crippen LogP) is 3.02. The second-order valence-corrected chi connectivity index (χ2v) is 5.25. The molecule has 0 aliphatic rings. The van der Waals surface area contributed by atoms with Crippen molar-refractivity contribution in [3.63, 3.8) is 0 Å². The van der Waals surface area contributed by atoms with Crippen LogP contribution in [0.3, 0.4) is 0 Å². The minimum Gasteiger partial charge on any atom is -0.336 e. The number of nitro groups is 1. The molecule has 2 aromatic rings. The van der Waals surface area contributed by atoms with E-state index in [9.17, 15) is 14.9 Å². The van der Waals surface area contributed by atoms with Gasteiger partial charge in [0.15, 0.2) is 0 Å². The minimum atomic E-state index is -0.457. The number of carbonyl (C=O) groups is 1. The highest BCUT2D eigenvalue weighted by Gasteiger charge is 2.15. The monoisotopic (exact) mass is 349 g/mol. The molecule has 1 aromatic carbocycles. The van der Waals surface area contributed by atoms with E-state index >= 15 is 0 Å². The first-order chi connectivity index (χ1) is 9.97. The number of nitrogens with zero attached hydrogens (tertiary/aromatic N) is 3. The second-order valence-electron chi connectivity index (χ2n) is 4.43. The lowest BCUT2D eigenvalue weighted by Gasteiger charge is -2.16. The third kappa shape index (κ3) is 3.85. The van der Waals surface area contributed by atoms with E-state index in [1.165, 1.54) is 17.0 Å². The van der Waals surface area contributed by atoms with Crippen LogP contribution in [-0.4, -0.2) is 27.8 Å². The third-order valence-corrected chi connectivity index (χ3v) is 3.26. The van der Waals surface area contributed by atoms with Gasteiger partial charge in [0.05, 0.1) is 4.92 Å². The van der Waals surface area contributed by atoms with Crippen LogP contribution >= 0.6 is 15.9 Å². The van der Waals surface area contributed by atoms with Gasteiger partial charge in [-0.1, -0.05) is 18.2 Å². The Kier molecular flexibility index (Phi) is 4.64. The number of hydrogen-bond acceptors (Lipinski definition) is 4. The number of hydrogen-bond donors (Lipinski definition) is 0. The van der Waals surface area contributed by atoms with Crippen molar-refractivity contribution >= 4 is 27.5 Å². The van der Waals surface area contributed by atoms with Crippen LogP contribution in [0.5, 0.6) is 0 Å². The van der Waals surface area contributed by atoms with Gasteiger partial charge in [-0.05, 0) is 33.6 Å². The highest BCUT2D eigenvalue weighted by molar-refractivity contribution is 9.10. The number of nitro benzene ring substituents is 1. The van der Waals surface area contributed by atoms with Crippen molar-refractivity contribution in [1.29, 1.82) is 0 Å². The van der Waals surface area contributed by atoms with Gasteiger partial charge in [0, 0.05) is 25.7 Å². The van der Waals surface area contributed by atoms with Gasteiger partial charge in [-0.25, -0.2) is 4.98 Å². The average Bonchev–Trinajstić information content (AvgIpc) is 2.46. The number of carbonyl (C=O) groups excluding carboxylic acids is 1. The molecule has 0 bridgehead atoms. The summed E-state index contributed by atoms with van der Waals surface area (Å²) in [6.45, 7) is 0.273. The molecule has 0 unspecified atom stereocenters. The standard InChI is InChI=1S/C14H12BrN3O3/c1-17(14(19)12-6-3-7-13(15)16-12)9-10-4-2-5-11(8-10)18(20)21/h2-8H,9H2,1H3.